The molecule has 0 unspecified atom stereocenters. The Morgan fingerprint density at radius 2 is 1.46 bits per heavy atom. The van der Waals surface area contributed by atoms with Crippen LogP contribution in [0.1, 0.15) is 55.5 Å². The molecule has 4 aliphatic carbocycles. The highest BCUT2D eigenvalue weighted by Gasteiger charge is 2.56. The van der Waals surface area contributed by atoms with Gasteiger partial charge in [0.2, 0.25) is 0 Å². The van der Waals surface area contributed by atoms with Crippen LogP contribution in [-0.2, 0) is 10.8 Å². The van der Waals surface area contributed by atoms with Gasteiger partial charge in [-0.15, -0.1) is 0 Å². The van der Waals surface area contributed by atoms with E-state index in [-0.39, 0.29) is 0 Å². The Kier molecular flexibility index (Phi) is 0.926. The Bertz CT molecular complexity index is 423. The van der Waals surface area contributed by atoms with Crippen molar-refractivity contribution in [2.45, 2.75) is 45.4 Å². The Labute approximate surface area is 80.0 Å². The topological polar surface area (TPSA) is 0 Å². The molecule has 0 heterocycles. The SMILES string of the molecule is Cc1cc2c3c(c1C3(C)C)C2(C)C. The molecule has 5 rings (SSSR count). The van der Waals surface area contributed by atoms with Crippen molar-refractivity contribution in [2.24, 2.45) is 0 Å². The third-order valence-corrected chi connectivity index (χ3v) is 4.07. The summed E-state index contributed by atoms with van der Waals surface area (Å²) in [5.74, 6) is 0. The number of rotatable bonds is 0. The van der Waals surface area contributed by atoms with Crippen LogP contribution >= 0.6 is 0 Å². The number of hydrogen-bond donors (Lipinski definition) is 0. The van der Waals surface area contributed by atoms with E-state index in [1.165, 1.54) is 5.56 Å². The van der Waals surface area contributed by atoms with Gasteiger partial charge in [-0.3, -0.25) is 0 Å². The van der Waals surface area contributed by atoms with Crippen molar-refractivity contribution < 1.29 is 0 Å². The first-order valence-electron chi connectivity index (χ1n) is 5.08. The number of benzene rings is 1. The van der Waals surface area contributed by atoms with Crippen molar-refractivity contribution in [3.05, 3.63) is 33.9 Å². The van der Waals surface area contributed by atoms with Crippen LogP contribution in [0.25, 0.3) is 0 Å². The minimum atomic E-state index is 0.374. The lowest BCUT2D eigenvalue weighted by molar-refractivity contribution is 0.423. The molecule has 0 aromatic heterocycles. The van der Waals surface area contributed by atoms with Crippen molar-refractivity contribution in [3.8, 4) is 0 Å². The van der Waals surface area contributed by atoms with Crippen LogP contribution in [0.3, 0.4) is 0 Å². The summed E-state index contributed by atoms with van der Waals surface area (Å²) in [6, 6.07) is 2.39. The highest BCUT2D eigenvalue weighted by atomic mass is 14.6. The molecule has 0 atom stereocenters. The van der Waals surface area contributed by atoms with E-state index in [4.69, 9.17) is 0 Å². The van der Waals surface area contributed by atoms with Crippen LogP contribution in [0, 0.1) is 6.92 Å². The lowest BCUT2D eigenvalue weighted by atomic mass is 9.44. The fourth-order valence-corrected chi connectivity index (χ4v) is 3.52. The summed E-state index contributed by atoms with van der Waals surface area (Å²) < 4.78 is 0. The molecule has 1 aromatic carbocycles. The molecule has 4 aliphatic rings. The van der Waals surface area contributed by atoms with Gasteiger partial charge in [-0.2, -0.15) is 0 Å². The van der Waals surface area contributed by atoms with Crippen molar-refractivity contribution in [1.82, 2.24) is 0 Å². The van der Waals surface area contributed by atoms with E-state index < -0.39 is 0 Å². The summed E-state index contributed by atoms with van der Waals surface area (Å²) in [4.78, 5) is 0. The maximum Gasteiger partial charge on any atom is 0.0158 e. The molecule has 1 aromatic rings. The van der Waals surface area contributed by atoms with E-state index in [1.807, 2.05) is 0 Å². The molecule has 0 saturated carbocycles. The normalized spacial score (nSPS) is 23.5. The van der Waals surface area contributed by atoms with Gasteiger partial charge in [-0.05, 0) is 34.7 Å². The van der Waals surface area contributed by atoms with Gasteiger partial charge < -0.3 is 0 Å². The van der Waals surface area contributed by atoms with Crippen molar-refractivity contribution in [3.63, 3.8) is 0 Å². The first kappa shape index (κ1) is 7.61. The number of hydrogen-bond acceptors (Lipinski definition) is 0. The van der Waals surface area contributed by atoms with Gasteiger partial charge in [0.05, 0.1) is 0 Å². The van der Waals surface area contributed by atoms with Gasteiger partial charge in [0.25, 0.3) is 0 Å². The van der Waals surface area contributed by atoms with Crippen molar-refractivity contribution in [1.29, 1.82) is 0 Å². The third-order valence-electron chi connectivity index (χ3n) is 4.07. The minimum absolute atomic E-state index is 0.374. The monoisotopic (exact) mass is 172 g/mol. The lowest BCUT2D eigenvalue weighted by Crippen LogP contribution is -2.51. The van der Waals surface area contributed by atoms with Crippen LogP contribution in [0.5, 0.6) is 0 Å². The maximum atomic E-state index is 2.39. The highest BCUT2D eigenvalue weighted by Crippen LogP contribution is 2.64. The maximum absolute atomic E-state index is 2.39. The van der Waals surface area contributed by atoms with Crippen molar-refractivity contribution >= 4 is 0 Å². The molecule has 13 heavy (non-hydrogen) atoms. The van der Waals surface area contributed by atoms with Crippen LogP contribution in [0.4, 0.5) is 0 Å². The number of aryl methyl sites for hydroxylation is 1. The average molecular weight is 172 g/mol. The fourth-order valence-electron chi connectivity index (χ4n) is 3.52. The molecular formula is C13H16. The summed E-state index contributed by atoms with van der Waals surface area (Å²) in [5, 5.41) is 0. The second-order valence-electron chi connectivity index (χ2n) is 5.62. The molecule has 68 valence electrons. The van der Waals surface area contributed by atoms with E-state index >= 15 is 0 Å². The second-order valence-corrected chi connectivity index (χ2v) is 5.62. The van der Waals surface area contributed by atoms with E-state index in [0.717, 1.165) is 0 Å². The first-order chi connectivity index (χ1) is 5.88. The molecule has 0 heteroatoms. The van der Waals surface area contributed by atoms with Crippen LogP contribution in [0.15, 0.2) is 6.07 Å². The Morgan fingerprint density at radius 3 is 1.85 bits per heavy atom. The summed E-state index contributed by atoms with van der Waals surface area (Å²) in [6.45, 7) is 11.7. The molecule has 0 nitrogen and oxygen atoms in total. The van der Waals surface area contributed by atoms with Gasteiger partial charge in [-0.1, -0.05) is 33.8 Å². The highest BCUT2D eigenvalue weighted by molar-refractivity contribution is 5.77. The zero-order valence-corrected chi connectivity index (χ0v) is 9.08. The average Bonchev–Trinajstić information content (AvgIpc) is 2.00. The van der Waals surface area contributed by atoms with Crippen molar-refractivity contribution in [2.75, 3.05) is 0 Å². The molecule has 0 radical (unpaired) electrons. The Morgan fingerprint density at radius 1 is 0.846 bits per heavy atom. The zero-order chi connectivity index (χ0) is 9.59. The predicted octanol–water partition coefficient (Wildman–Crippen LogP) is 3.27. The lowest BCUT2D eigenvalue weighted by Gasteiger charge is -2.59. The molecule has 0 saturated heterocycles. The molecule has 0 fully saturated rings. The quantitative estimate of drug-likeness (QED) is 0.563. The van der Waals surface area contributed by atoms with Crippen LogP contribution in [-0.4, -0.2) is 0 Å². The van der Waals surface area contributed by atoms with Gasteiger partial charge >= 0.3 is 0 Å². The van der Waals surface area contributed by atoms with Gasteiger partial charge in [0, 0.05) is 10.8 Å². The summed E-state index contributed by atoms with van der Waals surface area (Å²) in [6.07, 6.45) is 0. The van der Waals surface area contributed by atoms with E-state index in [1.54, 1.807) is 22.3 Å². The second kappa shape index (κ2) is 1.58. The molecule has 0 aliphatic heterocycles. The third kappa shape index (κ3) is 0.511. The van der Waals surface area contributed by atoms with E-state index in [9.17, 15) is 0 Å². The van der Waals surface area contributed by atoms with Gasteiger partial charge in [-0.25, -0.2) is 0 Å². The van der Waals surface area contributed by atoms with Crippen LogP contribution in [0.2, 0.25) is 0 Å². The smallest absolute Gasteiger partial charge is 0.0158 e. The molecule has 0 amide bonds. The largest absolute Gasteiger partial charge is 0.0546 e. The molecule has 4 bridgehead atoms. The standard InChI is InChI=1S/C13H16/c1-7-6-8-10-11(12(8,2)3)9(7)13(10,4)5/h6H,1-5H3. The first-order valence-corrected chi connectivity index (χ1v) is 5.08. The Hall–Kier alpha value is -0.780. The molecule has 0 N–H and O–H groups in total. The predicted molar refractivity (Wildman–Crippen MR) is 55.4 cm³/mol. The summed E-state index contributed by atoms with van der Waals surface area (Å²) >= 11 is 0. The van der Waals surface area contributed by atoms with Crippen LogP contribution < -0.4 is 0 Å². The zero-order valence-electron chi connectivity index (χ0n) is 9.08. The Balaban J connectivity index is 2.38. The minimum Gasteiger partial charge on any atom is -0.0546 e. The van der Waals surface area contributed by atoms with E-state index in [0.29, 0.717) is 10.8 Å². The van der Waals surface area contributed by atoms with Gasteiger partial charge in [0.15, 0.2) is 0 Å². The van der Waals surface area contributed by atoms with E-state index in [2.05, 4.69) is 40.7 Å². The summed E-state index contributed by atoms with van der Waals surface area (Å²) in [7, 11) is 0. The fraction of sp³-hybridized carbons (Fsp3) is 0.538. The molecule has 0 spiro atoms. The van der Waals surface area contributed by atoms with Gasteiger partial charge in [0.1, 0.15) is 0 Å². The summed E-state index contributed by atoms with van der Waals surface area (Å²) in [5.41, 5.74) is 8.79. The molecular weight excluding hydrogens is 156 g/mol.